The first-order valence-electron chi connectivity index (χ1n) is 12.1. The highest BCUT2D eigenvalue weighted by atomic mass is 35.5. The van der Waals surface area contributed by atoms with E-state index in [0.717, 1.165) is 21.7 Å². The lowest BCUT2D eigenvalue weighted by atomic mass is 10.0. The van der Waals surface area contributed by atoms with Crippen molar-refractivity contribution < 1.29 is 18.0 Å². The molecule has 0 saturated carbocycles. The molecule has 0 bridgehead atoms. The summed E-state index contributed by atoms with van der Waals surface area (Å²) in [7, 11) is -3.82. The summed E-state index contributed by atoms with van der Waals surface area (Å²) in [6.45, 7) is 3.54. The lowest BCUT2D eigenvalue weighted by molar-refractivity contribution is -0.140. The van der Waals surface area contributed by atoms with Gasteiger partial charge in [0.2, 0.25) is 21.8 Å². The number of sulfonamides is 1. The van der Waals surface area contributed by atoms with E-state index in [1.807, 2.05) is 37.3 Å². The number of carbonyl (C=O) groups is 2. The van der Waals surface area contributed by atoms with Crippen molar-refractivity contribution in [2.24, 2.45) is 0 Å². The normalized spacial score (nSPS) is 12.0. The molecule has 10 heteroatoms. The monoisotopic (exact) mass is 575 g/mol. The van der Waals surface area contributed by atoms with Gasteiger partial charge in [-0.25, -0.2) is 8.42 Å². The van der Waals surface area contributed by atoms with Gasteiger partial charge >= 0.3 is 0 Å². The highest BCUT2D eigenvalue weighted by molar-refractivity contribution is 7.92. The Morgan fingerprint density at radius 1 is 0.974 bits per heavy atom. The third kappa shape index (κ3) is 7.96. The van der Waals surface area contributed by atoms with Crippen LogP contribution in [0.15, 0.2) is 72.8 Å². The van der Waals surface area contributed by atoms with Crippen LogP contribution in [0.5, 0.6) is 0 Å². The summed E-state index contributed by atoms with van der Waals surface area (Å²) in [5.41, 5.74) is 2.73. The summed E-state index contributed by atoms with van der Waals surface area (Å²) in [6, 6.07) is 20.2. The fourth-order valence-corrected chi connectivity index (χ4v) is 5.32. The Morgan fingerprint density at radius 2 is 1.63 bits per heavy atom. The molecule has 0 radical (unpaired) electrons. The molecule has 2 amide bonds. The molecule has 0 aliphatic rings. The van der Waals surface area contributed by atoms with Gasteiger partial charge in [0.1, 0.15) is 12.6 Å². The molecule has 0 aliphatic carbocycles. The molecule has 0 aromatic heterocycles. The van der Waals surface area contributed by atoms with Crippen molar-refractivity contribution in [3.05, 3.63) is 99.5 Å². The molecule has 0 spiro atoms. The highest BCUT2D eigenvalue weighted by Crippen LogP contribution is 2.25. The van der Waals surface area contributed by atoms with Crippen molar-refractivity contribution in [1.82, 2.24) is 10.2 Å². The van der Waals surface area contributed by atoms with Crippen LogP contribution in [0.2, 0.25) is 10.0 Å². The number of benzene rings is 3. The minimum absolute atomic E-state index is 0.0189. The van der Waals surface area contributed by atoms with Gasteiger partial charge < -0.3 is 10.2 Å². The number of amides is 2. The zero-order chi connectivity index (χ0) is 27.9. The van der Waals surface area contributed by atoms with Gasteiger partial charge in [-0.05, 0) is 49.2 Å². The topological polar surface area (TPSA) is 86.8 Å². The second-order valence-corrected chi connectivity index (χ2v) is 11.7. The molecule has 3 aromatic rings. The first kappa shape index (κ1) is 29.5. The van der Waals surface area contributed by atoms with Crippen molar-refractivity contribution in [3.8, 4) is 0 Å². The van der Waals surface area contributed by atoms with E-state index in [4.69, 9.17) is 23.2 Å². The number of carbonyl (C=O) groups excluding carboxylic acids is 2. The Bertz CT molecular complexity index is 1370. The Kier molecular flexibility index (Phi) is 10.2. The zero-order valence-electron chi connectivity index (χ0n) is 21.5. The van der Waals surface area contributed by atoms with Crippen molar-refractivity contribution in [3.63, 3.8) is 0 Å². The third-order valence-corrected chi connectivity index (χ3v) is 7.71. The van der Waals surface area contributed by atoms with E-state index in [0.29, 0.717) is 27.8 Å². The van der Waals surface area contributed by atoms with Gasteiger partial charge in [-0.15, -0.1) is 0 Å². The molecule has 3 rings (SSSR count). The number of nitrogens with one attached hydrogen (secondary N) is 1. The largest absolute Gasteiger partial charge is 0.355 e. The number of aryl methyl sites for hydroxylation is 1. The SMILES string of the molecule is CCNC(=O)C(Cc1ccccc1)N(Cc1ccc(Cl)cc1Cl)C(=O)CN(c1ccc(C)cc1)S(C)(=O)=O. The average Bonchev–Trinajstić information content (AvgIpc) is 2.86. The summed E-state index contributed by atoms with van der Waals surface area (Å²) in [5.74, 6) is -0.898. The molecule has 202 valence electrons. The van der Waals surface area contributed by atoms with Crippen LogP contribution in [0.4, 0.5) is 5.69 Å². The maximum atomic E-state index is 13.9. The van der Waals surface area contributed by atoms with E-state index in [2.05, 4.69) is 5.32 Å². The third-order valence-electron chi connectivity index (χ3n) is 5.98. The van der Waals surface area contributed by atoms with Gasteiger partial charge in [0.05, 0.1) is 11.9 Å². The fraction of sp³-hybridized carbons (Fsp3) is 0.286. The van der Waals surface area contributed by atoms with Crippen molar-refractivity contribution in [1.29, 1.82) is 0 Å². The van der Waals surface area contributed by atoms with Gasteiger partial charge in [0, 0.05) is 29.6 Å². The van der Waals surface area contributed by atoms with E-state index in [1.165, 1.54) is 4.90 Å². The minimum Gasteiger partial charge on any atom is -0.355 e. The molecule has 1 N–H and O–H groups in total. The predicted molar refractivity (Wildman–Crippen MR) is 153 cm³/mol. The van der Waals surface area contributed by atoms with Crippen LogP contribution in [0.1, 0.15) is 23.6 Å². The van der Waals surface area contributed by atoms with Crippen LogP contribution in [0, 0.1) is 6.92 Å². The first-order valence-corrected chi connectivity index (χ1v) is 14.7. The van der Waals surface area contributed by atoms with Gasteiger partial charge in [0.15, 0.2) is 0 Å². The van der Waals surface area contributed by atoms with Crippen LogP contribution in [0.25, 0.3) is 0 Å². The van der Waals surface area contributed by atoms with E-state index in [-0.39, 0.29) is 18.9 Å². The predicted octanol–water partition coefficient (Wildman–Crippen LogP) is 4.84. The second kappa shape index (κ2) is 13.1. The maximum Gasteiger partial charge on any atom is 0.244 e. The minimum atomic E-state index is -3.82. The number of anilines is 1. The van der Waals surface area contributed by atoms with Gasteiger partial charge in [-0.1, -0.05) is 77.3 Å². The lowest BCUT2D eigenvalue weighted by Crippen LogP contribution is -2.53. The van der Waals surface area contributed by atoms with Gasteiger partial charge in [-0.3, -0.25) is 13.9 Å². The molecule has 1 unspecified atom stereocenters. The Hall–Kier alpha value is -3.07. The van der Waals surface area contributed by atoms with E-state index < -0.39 is 28.5 Å². The molecule has 0 saturated heterocycles. The number of nitrogens with zero attached hydrogens (tertiary/aromatic N) is 2. The fourth-order valence-electron chi connectivity index (χ4n) is 4.00. The van der Waals surface area contributed by atoms with Gasteiger partial charge in [0.25, 0.3) is 0 Å². The van der Waals surface area contributed by atoms with E-state index in [1.54, 1.807) is 49.4 Å². The summed E-state index contributed by atoms with van der Waals surface area (Å²) in [4.78, 5) is 28.6. The molecular formula is C28H31Cl2N3O4S. The Labute approximate surface area is 234 Å². The van der Waals surface area contributed by atoms with Gasteiger partial charge in [-0.2, -0.15) is 0 Å². The summed E-state index contributed by atoms with van der Waals surface area (Å²) in [6.07, 6.45) is 1.28. The number of halogens is 2. The van der Waals surface area contributed by atoms with Crippen molar-refractivity contribution in [2.75, 3.05) is 23.7 Å². The van der Waals surface area contributed by atoms with Crippen molar-refractivity contribution >= 4 is 50.7 Å². The number of rotatable bonds is 11. The van der Waals surface area contributed by atoms with E-state index >= 15 is 0 Å². The van der Waals surface area contributed by atoms with Crippen molar-refractivity contribution in [2.45, 2.75) is 32.9 Å². The molecule has 0 aliphatic heterocycles. The molecule has 3 aromatic carbocycles. The quantitative estimate of drug-likeness (QED) is 0.354. The molecular weight excluding hydrogens is 545 g/mol. The first-order chi connectivity index (χ1) is 18.0. The summed E-state index contributed by atoms with van der Waals surface area (Å²) in [5, 5.41) is 3.58. The van der Waals surface area contributed by atoms with Crippen LogP contribution >= 0.6 is 23.2 Å². The number of hydrogen-bond donors (Lipinski definition) is 1. The molecule has 7 nitrogen and oxygen atoms in total. The van der Waals surface area contributed by atoms with Crippen LogP contribution in [0.3, 0.4) is 0 Å². The van der Waals surface area contributed by atoms with Crippen LogP contribution < -0.4 is 9.62 Å². The van der Waals surface area contributed by atoms with Crippen LogP contribution in [-0.4, -0.2) is 50.5 Å². The lowest BCUT2D eigenvalue weighted by Gasteiger charge is -2.33. The summed E-state index contributed by atoms with van der Waals surface area (Å²) >= 11 is 12.5. The molecule has 38 heavy (non-hydrogen) atoms. The Morgan fingerprint density at radius 3 is 2.21 bits per heavy atom. The highest BCUT2D eigenvalue weighted by Gasteiger charge is 2.33. The smallest absolute Gasteiger partial charge is 0.244 e. The number of likely N-dealkylation sites (N-methyl/N-ethyl adjacent to an activating group) is 1. The zero-order valence-corrected chi connectivity index (χ0v) is 23.9. The molecule has 0 fully saturated rings. The molecule has 0 heterocycles. The number of hydrogen-bond acceptors (Lipinski definition) is 4. The Balaban J connectivity index is 2.06. The maximum absolute atomic E-state index is 13.9. The average molecular weight is 577 g/mol. The second-order valence-electron chi connectivity index (χ2n) is 8.96. The van der Waals surface area contributed by atoms with Crippen LogP contribution in [-0.2, 0) is 32.6 Å². The molecule has 1 atom stereocenters. The summed E-state index contributed by atoms with van der Waals surface area (Å²) < 4.78 is 26.6. The standard InChI is InChI=1S/C28H31Cl2N3O4S/c1-4-31-28(35)26(16-21-8-6-5-7-9-21)32(18-22-12-13-23(29)17-25(22)30)27(34)19-33(38(3,36)37)24-14-10-20(2)11-15-24/h5-15,17,26H,4,16,18-19H2,1-3H3,(H,31,35). The van der Waals surface area contributed by atoms with E-state index in [9.17, 15) is 18.0 Å².